The van der Waals surface area contributed by atoms with Crippen LogP contribution in [-0.4, -0.2) is 48.2 Å². The predicted molar refractivity (Wildman–Crippen MR) is 92.4 cm³/mol. The van der Waals surface area contributed by atoms with Gasteiger partial charge in [0, 0.05) is 12.6 Å². The van der Waals surface area contributed by atoms with Crippen molar-refractivity contribution in [2.75, 3.05) is 32.6 Å². The normalized spacial score (nSPS) is 11.5. The number of hydrogen-bond acceptors (Lipinski definition) is 5. The van der Waals surface area contributed by atoms with Gasteiger partial charge in [-0.2, -0.15) is 0 Å². The minimum Gasteiger partial charge on any atom is -0.474 e. The lowest BCUT2D eigenvalue weighted by atomic mass is 10.3. The van der Waals surface area contributed by atoms with Crippen LogP contribution in [0.5, 0.6) is 5.88 Å². The third-order valence-corrected chi connectivity index (χ3v) is 3.60. The average Bonchev–Trinajstić information content (AvgIpc) is 2.40. The van der Waals surface area contributed by atoms with Gasteiger partial charge in [-0.1, -0.05) is 23.2 Å². The number of nitrogens with zero attached hydrogens (tertiary/aromatic N) is 3. The van der Waals surface area contributed by atoms with Crippen molar-refractivity contribution >= 4 is 40.1 Å². The molecule has 1 aromatic heterocycles. The van der Waals surface area contributed by atoms with E-state index in [1.54, 1.807) is 12.1 Å². The Kier molecular flexibility index (Phi) is 5.67. The maximum atomic E-state index is 6.05. The lowest BCUT2D eigenvalue weighted by Crippen LogP contribution is -2.21. The van der Waals surface area contributed by atoms with Crippen LogP contribution in [0.4, 0.5) is 5.82 Å². The van der Waals surface area contributed by atoms with Gasteiger partial charge in [0.05, 0.1) is 21.1 Å². The van der Waals surface area contributed by atoms with Gasteiger partial charge in [0.2, 0.25) is 0 Å². The summed E-state index contributed by atoms with van der Waals surface area (Å²) < 4.78 is 5.77. The van der Waals surface area contributed by atoms with Crippen molar-refractivity contribution in [3.8, 4) is 5.88 Å². The SMILES string of the molecule is CC(C)Nc1nc2cc(Cl)c(Cl)cc2nc1OCCN(C)C. The number of halogens is 2. The maximum absolute atomic E-state index is 6.05. The fourth-order valence-electron chi connectivity index (χ4n) is 1.83. The second-order valence-corrected chi connectivity index (χ2v) is 6.40. The summed E-state index contributed by atoms with van der Waals surface area (Å²) >= 11 is 12.1. The van der Waals surface area contributed by atoms with Gasteiger partial charge in [-0.05, 0) is 40.1 Å². The number of likely N-dealkylation sites (N-methyl/N-ethyl adjacent to an activating group) is 1. The molecule has 0 fully saturated rings. The largest absolute Gasteiger partial charge is 0.474 e. The Balaban J connectivity index is 2.39. The van der Waals surface area contributed by atoms with E-state index in [-0.39, 0.29) is 6.04 Å². The molecule has 0 aliphatic heterocycles. The lowest BCUT2D eigenvalue weighted by molar-refractivity contribution is 0.255. The fourth-order valence-corrected chi connectivity index (χ4v) is 2.14. The first-order chi connectivity index (χ1) is 10.4. The number of nitrogens with one attached hydrogen (secondary N) is 1. The zero-order valence-electron chi connectivity index (χ0n) is 13.2. The monoisotopic (exact) mass is 342 g/mol. The molecular weight excluding hydrogens is 323 g/mol. The highest BCUT2D eigenvalue weighted by Gasteiger charge is 2.13. The second-order valence-electron chi connectivity index (χ2n) is 5.58. The maximum Gasteiger partial charge on any atom is 0.258 e. The molecule has 0 unspecified atom stereocenters. The van der Waals surface area contributed by atoms with Gasteiger partial charge in [-0.25, -0.2) is 9.97 Å². The molecule has 1 aromatic carbocycles. The van der Waals surface area contributed by atoms with Crippen LogP contribution >= 0.6 is 23.2 Å². The van der Waals surface area contributed by atoms with Gasteiger partial charge in [0.1, 0.15) is 6.61 Å². The van der Waals surface area contributed by atoms with E-state index in [4.69, 9.17) is 27.9 Å². The van der Waals surface area contributed by atoms with Crippen LogP contribution in [0.25, 0.3) is 11.0 Å². The van der Waals surface area contributed by atoms with E-state index in [0.717, 1.165) is 6.54 Å². The zero-order valence-corrected chi connectivity index (χ0v) is 14.7. The Bertz CT molecular complexity index is 662. The van der Waals surface area contributed by atoms with Crippen LogP contribution < -0.4 is 10.1 Å². The molecule has 22 heavy (non-hydrogen) atoms. The Morgan fingerprint density at radius 1 is 1.14 bits per heavy atom. The molecule has 0 saturated heterocycles. The van der Waals surface area contributed by atoms with E-state index in [9.17, 15) is 0 Å². The van der Waals surface area contributed by atoms with Gasteiger partial charge in [0.25, 0.3) is 5.88 Å². The number of rotatable bonds is 6. The molecule has 120 valence electrons. The van der Waals surface area contributed by atoms with Crippen LogP contribution in [0.3, 0.4) is 0 Å². The van der Waals surface area contributed by atoms with Gasteiger partial charge in [-0.3, -0.25) is 0 Å². The number of benzene rings is 1. The van der Waals surface area contributed by atoms with Crippen molar-refractivity contribution in [2.24, 2.45) is 0 Å². The summed E-state index contributed by atoms with van der Waals surface area (Å²) in [4.78, 5) is 11.1. The number of aromatic nitrogens is 2. The smallest absolute Gasteiger partial charge is 0.258 e. The molecule has 1 heterocycles. The molecule has 0 atom stereocenters. The molecule has 0 saturated carbocycles. The molecule has 0 bridgehead atoms. The summed E-state index contributed by atoms with van der Waals surface area (Å²) in [5.41, 5.74) is 1.33. The first-order valence-corrected chi connectivity index (χ1v) is 7.83. The lowest BCUT2D eigenvalue weighted by Gasteiger charge is -2.16. The van der Waals surface area contributed by atoms with Crippen LogP contribution in [0.1, 0.15) is 13.8 Å². The van der Waals surface area contributed by atoms with Gasteiger partial charge in [-0.15, -0.1) is 0 Å². The van der Waals surface area contributed by atoms with Gasteiger partial charge < -0.3 is 15.0 Å². The highest BCUT2D eigenvalue weighted by molar-refractivity contribution is 6.42. The van der Waals surface area contributed by atoms with Crippen molar-refractivity contribution in [2.45, 2.75) is 19.9 Å². The Hall–Kier alpha value is -1.30. The topological polar surface area (TPSA) is 50.3 Å². The van der Waals surface area contributed by atoms with E-state index in [0.29, 0.717) is 39.4 Å². The number of anilines is 1. The van der Waals surface area contributed by atoms with E-state index in [1.807, 2.05) is 32.8 Å². The van der Waals surface area contributed by atoms with Crippen LogP contribution in [0, 0.1) is 0 Å². The quantitative estimate of drug-likeness (QED) is 0.867. The molecule has 0 aliphatic carbocycles. The zero-order chi connectivity index (χ0) is 16.3. The van der Waals surface area contributed by atoms with Crippen molar-refractivity contribution in [1.29, 1.82) is 0 Å². The number of hydrogen-bond donors (Lipinski definition) is 1. The molecular formula is C15H20Cl2N4O. The summed E-state index contributed by atoms with van der Waals surface area (Å²) in [6, 6.07) is 3.62. The Morgan fingerprint density at radius 3 is 2.27 bits per heavy atom. The molecule has 0 radical (unpaired) electrons. The Morgan fingerprint density at radius 2 is 1.73 bits per heavy atom. The minimum atomic E-state index is 0.214. The van der Waals surface area contributed by atoms with E-state index < -0.39 is 0 Å². The van der Waals surface area contributed by atoms with E-state index >= 15 is 0 Å². The molecule has 0 spiro atoms. The second kappa shape index (κ2) is 7.31. The first-order valence-electron chi connectivity index (χ1n) is 7.07. The highest BCUT2D eigenvalue weighted by Crippen LogP contribution is 2.30. The molecule has 2 rings (SSSR count). The molecule has 2 aromatic rings. The summed E-state index contributed by atoms with van der Waals surface area (Å²) in [7, 11) is 3.98. The molecule has 0 aliphatic rings. The van der Waals surface area contributed by atoms with Gasteiger partial charge in [0.15, 0.2) is 5.82 Å². The summed E-state index contributed by atoms with van der Waals surface area (Å²) in [6.07, 6.45) is 0. The van der Waals surface area contributed by atoms with E-state index in [1.165, 1.54) is 0 Å². The van der Waals surface area contributed by atoms with Crippen LogP contribution in [-0.2, 0) is 0 Å². The third kappa shape index (κ3) is 4.35. The van der Waals surface area contributed by atoms with Crippen LogP contribution in [0.2, 0.25) is 10.0 Å². The van der Waals surface area contributed by atoms with Gasteiger partial charge >= 0.3 is 0 Å². The summed E-state index contributed by atoms with van der Waals surface area (Å²) in [5, 5.41) is 4.16. The predicted octanol–water partition coefficient (Wildman–Crippen LogP) is 3.70. The highest BCUT2D eigenvalue weighted by atomic mass is 35.5. The first kappa shape index (κ1) is 17.1. The molecule has 7 heteroatoms. The summed E-state index contributed by atoms with van der Waals surface area (Å²) in [6.45, 7) is 5.39. The standard InChI is InChI=1S/C15H20Cl2N4O/c1-9(2)18-14-15(22-6-5-21(3)4)20-13-8-11(17)10(16)7-12(13)19-14/h7-9H,5-6H2,1-4H3,(H,18,19). The number of fused-ring (bicyclic) bond motifs is 1. The molecule has 1 N–H and O–H groups in total. The van der Waals surface area contributed by atoms with E-state index in [2.05, 4.69) is 15.3 Å². The average molecular weight is 343 g/mol. The minimum absolute atomic E-state index is 0.214. The molecule has 0 amide bonds. The Labute approximate surface area is 140 Å². The van der Waals surface area contributed by atoms with Crippen molar-refractivity contribution < 1.29 is 4.74 Å². The fraction of sp³-hybridized carbons (Fsp3) is 0.467. The van der Waals surface area contributed by atoms with Crippen molar-refractivity contribution in [3.63, 3.8) is 0 Å². The number of ether oxygens (including phenoxy) is 1. The van der Waals surface area contributed by atoms with Crippen molar-refractivity contribution in [3.05, 3.63) is 22.2 Å². The molecule has 5 nitrogen and oxygen atoms in total. The third-order valence-electron chi connectivity index (χ3n) is 2.88. The van der Waals surface area contributed by atoms with Crippen LogP contribution in [0.15, 0.2) is 12.1 Å². The van der Waals surface area contributed by atoms with Crippen molar-refractivity contribution in [1.82, 2.24) is 14.9 Å². The summed E-state index contributed by atoms with van der Waals surface area (Å²) in [5.74, 6) is 1.08.